The predicted octanol–water partition coefficient (Wildman–Crippen LogP) is 4.78. The van der Waals surface area contributed by atoms with Gasteiger partial charge >= 0.3 is 0 Å². The largest absolute Gasteiger partial charge is 0.370 e. The van der Waals surface area contributed by atoms with Crippen molar-refractivity contribution in [1.82, 2.24) is 9.55 Å². The molecular weight excluding hydrogens is 420 g/mol. The zero-order valence-electron chi connectivity index (χ0n) is 14.1. The molecule has 4 rings (SSSR count). The average Bonchev–Trinajstić information content (AvgIpc) is 2.91. The number of aromatic nitrogens is 2. The molecule has 4 nitrogen and oxygen atoms in total. The van der Waals surface area contributed by atoms with Gasteiger partial charge in [0.25, 0.3) is 5.56 Å². The number of thiophene rings is 1. The first-order valence-corrected chi connectivity index (χ1v) is 10.7. The van der Waals surface area contributed by atoms with Crippen LogP contribution < -0.4 is 5.56 Å². The van der Waals surface area contributed by atoms with Gasteiger partial charge in [-0.3, -0.25) is 9.36 Å². The van der Waals surface area contributed by atoms with E-state index >= 15 is 0 Å². The molecule has 0 radical (unpaired) electrons. The lowest BCUT2D eigenvalue weighted by Gasteiger charge is -2.29. The van der Waals surface area contributed by atoms with Crippen LogP contribution in [-0.4, -0.2) is 21.4 Å². The Balaban J connectivity index is 2.04. The van der Waals surface area contributed by atoms with Crippen LogP contribution in [0.4, 0.5) is 0 Å². The summed E-state index contributed by atoms with van der Waals surface area (Å²) in [5.41, 5.74) is 1.67. The van der Waals surface area contributed by atoms with Crippen LogP contribution in [0.1, 0.15) is 24.3 Å². The minimum absolute atomic E-state index is 0.00245. The molecule has 0 saturated carbocycles. The number of ether oxygens (including phenoxy) is 1. The van der Waals surface area contributed by atoms with Crippen molar-refractivity contribution in [3.8, 4) is 5.69 Å². The molecule has 0 N–H and O–H groups in total. The summed E-state index contributed by atoms with van der Waals surface area (Å²) in [5.74, 6) is 0. The SMILES string of the molecule is CSc1nc2sc3c(c2c(=O)n1-c1cccc(Br)c1)CC(C)(C)OC3. The minimum atomic E-state index is -0.258. The molecular formula is C18H17BrN2O2S2. The smallest absolute Gasteiger partial charge is 0.267 e. The molecule has 3 heterocycles. The van der Waals surface area contributed by atoms with E-state index in [2.05, 4.69) is 29.8 Å². The van der Waals surface area contributed by atoms with Gasteiger partial charge in [0.15, 0.2) is 5.16 Å². The summed E-state index contributed by atoms with van der Waals surface area (Å²) in [6.45, 7) is 4.68. The van der Waals surface area contributed by atoms with Gasteiger partial charge in [0.05, 0.1) is 23.3 Å². The van der Waals surface area contributed by atoms with Gasteiger partial charge in [0.1, 0.15) is 4.83 Å². The summed E-state index contributed by atoms with van der Waals surface area (Å²) in [4.78, 5) is 20.1. The van der Waals surface area contributed by atoms with E-state index in [4.69, 9.17) is 9.72 Å². The number of rotatable bonds is 2. The van der Waals surface area contributed by atoms with Crippen molar-refractivity contribution in [2.75, 3.05) is 6.26 Å². The molecule has 130 valence electrons. The highest BCUT2D eigenvalue weighted by Gasteiger charge is 2.31. The fraction of sp³-hybridized carbons (Fsp3) is 0.333. The Morgan fingerprint density at radius 3 is 2.92 bits per heavy atom. The lowest BCUT2D eigenvalue weighted by atomic mass is 9.94. The second kappa shape index (κ2) is 6.23. The van der Waals surface area contributed by atoms with Gasteiger partial charge in [-0.05, 0) is 43.9 Å². The van der Waals surface area contributed by atoms with Crippen molar-refractivity contribution >= 4 is 49.2 Å². The molecule has 1 aliphatic heterocycles. The second-order valence-electron chi connectivity index (χ2n) is 6.63. The Kier molecular flexibility index (Phi) is 4.30. The molecule has 1 aliphatic rings. The van der Waals surface area contributed by atoms with E-state index in [-0.39, 0.29) is 11.2 Å². The highest BCUT2D eigenvalue weighted by molar-refractivity contribution is 9.10. The number of hydrogen-bond donors (Lipinski definition) is 0. The van der Waals surface area contributed by atoms with Crippen molar-refractivity contribution in [2.24, 2.45) is 0 Å². The topological polar surface area (TPSA) is 44.1 Å². The zero-order valence-corrected chi connectivity index (χ0v) is 17.3. The molecule has 0 spiro atoms. The highest BCUT2D eigenvalue weighted by atomic mass is 79.9. The molecule has 0 unspecified atom stereocenters. The molecule has 3 aromatic rings. The fourth-order valence-electron chi connectivity index (χ4n) is 3.15. The van der Waals surface area contributed by atoms with Crippen LogP contribution >= 0.6 is 39.0 Å². The number of benzene rings is 1. The maximum atomic E-state index is 13.4. The summed E-state index contributed by atoms with van der Waals surface area (Å²) in [6, 6.07) is 7.76. The third-order valence-electron chi connectivity index (χ3n) is 4.32. The molecule has 2 aromatic heterocycles. The third kappa shape index (κ3) is 2.97. The first kappa shape index (κ1) is 17.3. The lowest BCUT2D eigenvalue weighted by Crippen LogP contribution is -2.32. The monoisotopic (exact) mass is 436 g/mol. The fourth-order valence-corrected chi connectivity index (χ4v) is 5.25. The van der Waals surface area contributed by atoms with Gasteiger partial charge in [0.2, 0.25) is 0 Å². The van der Waals surface area contributed by atoms with Gasteiger partial charge in [-0.15, -0.1) is 11.3 Å². The van der Waals surface area contributed by atoms with Gasteiger partial charge in [-0.2, -0.15) is 0 Å². The molecule has 0 fully saturated rings. The standard InChI is InChI=1S/C18H17BrN2O2S2/c1-18(2)8-12-13(9-23-18)25-15-14(12)16(22)21(17(20-15)24-3)11-6-4-5-10(19)7-11/h4-7H,8-9H2,1-3H3. The van der Waals surface area contributed by atoms with E-state index in [0.717, 1.165) is 37.2 Å². The molecule has 0 bridgehead atoms. The molecule has 0 saturated heterocycles. The molecule has 0 amide bonds. The normalized spacial score (nSPS) is 16.2. The molecule has 25 heavy (non-hydrogen) atoms. The number of thioether (sulfide) groups is 1. The quantitative estimate of drug-likeness (QED) is 0.428. The maximum Gasteiger partial charge on any atom is 0.267 e. The van der Waals surface area contributed by atoms with Gasteiger partial charge < -0.3 is 4.74 Å². The number of fused-ring (bicyclic) bond motifs is 3. The first-order chi connectivity index (χ1) is 11.9. The van der Waals surface area contributed by atoms with E-state index < -0.39 is 0 Å². The molecule has 7 heteroatoms. The minimum Gasteiger partial charge on any atom is -0.370 e. The van der Waals surface area contributed by atoms with E-state index in [1.54, 1.807) is 15.9 Å². The number of halogens is 1. The Bertz CT molecular complexity index is 1040. The van der Waals surface area contributed by atoms with Crippen molar-refractivity contribution in [2.45, 2.75) is 37.6 Å². The average molecular weight is 437 g/mol. The van der Waals surface area contributed by atoms with Crippen LogP contribution in [-0.2, 0) is 17.8 Å². The summed E-state index contributed by atoms with van der Waals surface area (Å²) < 4.78 is 8.56. The van der Waals surface area contributed by atoms with Gasteiger partial charge in [-0.1, -0.05) is 33.8 Å². The van der Waals surface area contributed by atoms with Crippen molar-refractivity contribution in [3.63, 3.8) is 0 Å². The van der Waals surface area contributed by atoms with E-state index in [0.29, 0.717) is 11.8 Å². The summed E-state index contributed by atoms with van der Waals surface area (Å²) in [7, 11) is 0. The summed E-state index contributed by atoms with van der Waals surface area (Å²) in [5, 5.41) is 1.45. The third-order valence-corrected chi connectivity index (χ3v) is 6.55. The lowest BCUT2D eigenvalue weighted by molar-refractivity contribution is -0.0379. The Hall–Kier alpha value is -1.15. The molecule has 1 aromatic carbocycles. The van der Waals surface area contributed by atoms with Crippen LogP contribution in [0.3, 0.4) is 0 Å². The Labute approximate surface area is 162 Å². The van der Waals surface area contributed by atoms with E-state index in [9.17, 15) is 4.79 Å². The Morgan fingerprint density at radius 2 is 2.20 bits per heavy atom. The maximum absolute atomic E-state index is 13.4. The second-order valence-corrected chi connectivity index (χ2v) is 9.40. The van der Waals surface area contributed by atoms with Crippen LogP contribution in [0.25, 0.3) is 15.9 Å². The molecule has 0 atom stereocenters. The first-order valence-electron chi connectivity index (χ1n) is 7.91. The predicted molar refractivity (Wildman–Crippen MR) is 107 cm³/mol. The number of hydrogen-bond acceptors (Lipinski definition) is 5. The summed E-state index contributed by atoms with van der Waals surface area (Å²) >= 11 is 6.55. The summed E-state index contributed by atoms with van der Waals surface area (Å²) in [6.07, 6.45) is 2.68. The van der Waals surface area contributed by atoms with Crippen LogP contribution in [0, 0.1) is 0 Å². The van der Waals surface area contributed by atoms with Crippen molar-refractivity contribution < 1.29 is 4.74 Å². The Morgan fingerprint density at radius 1 is 1.40 bits per heavy atom. The van der Waals surface area contributed by atoms with Crippen LogP contribution in [0.2, 0.25) is 0 Å². The highest BCUT2D eigenvalue weighted by Crippen LogP contribution is 2.37. The van der Waals surface area contributed by atoms with E-state index in [1.165, 1.54) is 11.8 Å². The number of nitrogens with zero attached hydrogens (tertiary/aromatic N) is 2. The van der Waals surface area contributed by atoms with E-state index in [1.807, 2.05) is 30.5 Å². The zero-order chi connectivity index (χ0) is 17.8. The van der Waals surface area contributed by atoms with Crippen molar-refractivity contribution in [1.29, 1.82) is 0 Å². The van der Waals surface area contributed by atoms with Crippen LogP contribution in [0.15, 0.2) is 38.7 Å². The van der Waals surface area contributed by atoms with Gasteiger partial charge in [-0.25, -0.2) is 4.98 Å². The van der Waals surface area contributed by atoms with Gasteiger partial charge in [0, 0.05) is 15.8 Å². The molecule has 0 aliphatic carbocycles. The van der Waals surface area contributed by atoms with Crippen molar-refractivity contribution in [3.05, 3.63) is 49.5 Å². The van der Waals surface area contributed by atoms with Crippen LogP contribution in [0.5, 0.6) is 0 Å².